The van der Waals surface area contributed by atoms with E-state index in [1.165, 1.54) is 18.9 Å². The molecule has 5 rings (SSSR count). The molecule has 3 N–H and O–H groups in total. The van der Waals surface area contributed by atoms with Gasteiger partial charge in [-0.25, -0.2) is 0 Å². The maximum atomic E-state index is 13.6. The molecule has 0 aromatic heterocycles. The first-order valence-corrected chi connectivity index (χ1v) is 15.5. The molecule has 3 aromatic rings. The van der Waals surface area contributed by atoms with Gasteiger partial charge in [0.25, 0.3) is 11.8 Å². The minimum atomic E-state index is -4.44. The van der Waals surface area contributed by atoms with Gasteiger partial charge in [0, 0.05) is 36.8 Å². The van der Waals surface area contributed by atoms with Crippen LogP contribution in [0.3, 0.4) is 0 Å². The average molecular weight is 608 g/mol. The van der Waals surface area contributed by atoms with Crippen molar-refractivity contribution in [3.05, 3.63) is 107 Å². The number of rotatable bonds is 11. The van der Waals surface area contributed by atoms with E-state index in [9.17, 15) is 27.9 Å². The Kier molecular flexibility index (Phi) is 10.4. The van der Waals surface area contributed by atoms with Crippen molar-refractivity contribution in [2.24, 2.45) is 5.92 Å². The van der Waals surface area contributed by atoms with Crippen molar-refractivity contribution in [2.75, 3.05) is 13.1 Å². The Morgan fingerprint density at radius 1 is 0.864 bits per heavy atom. The molecule has 0 radical (unpaired) electrons. The van der Waals surface area contributed by atoms with Crippen LogP contribution in [0.5, 0.6) is 0 Å². The summed E-state index contributed by atoms with van der Waals surface area (Å²) in [5, 5.41) is 17.1. The predicted molar refractivity (Wildman–Crippen MR) is 163 cm³/mol. The number of nitrogens with zero attached hydrogens (tertiary/aromatic N) is 1. The van der Waals surface area contributed by atoms with Crippen LogP contribution < -0.4 is 10.6 Å². The molecule has 234 valence electrons. The Balaban J connectivity index is 1.25. The van der Waals surface area contributed by atoms with E-state index in [1.54, 1.807) is 30.3 Å². The summed E-state index contributed by atoms with van der Waals surface area (Å²) in [6, 6.07) is 20.8. The van der Waals surface area contributed by atoms with Crippen LogP contribution in [0.1, 0.15) is 75.9 Å². The van der Waals surface area contributed by atoms with E-state index in [2.05, 4.69) is 10.6 Å². The highest BCUT2D eigenvalue weighted by atomic mass is 19.4. The van der Waals surface area contributed by atoms with Gasteiger partial charge < -0.3 is 20.6 Å². The number of amides is 2. The molecule has 1 saturated carbocycles. The topological polar surface area (TPSA) is 81.7 Å². The van der Waals surface area contributed by atoms with E-state index in [-0.39, 0.29) is 25.0 Å². The van der Waals surface area contributed by atoms with Crippen LogP contribution in [0, 0.1) is 5.92 Å². The SMILES string of the molecule is O=C(NC(Cc1ccccc1)C(O)CNCc1cccc(C(F)(F)F)c1)c1cccc(C(=O)N2CCCC2C2CCCC2)c1. The fourth-order valence-corrected chi connectivity index (χ4v) is 6.60. The monoisotopic (exact) mass is 607 g/mol. The molecule has 2 amide bonds. The molecule has 0 bridgehead atoms. The van der Waals surface area contributed by atoms with Crippen molar-refractivity contribution in [1.82, 2.24) is 15.5 Å². The molecule has 0 spiro atoms. The second-order valence-electron chi connectivity index (χ2n) is 12.0. The van der Waals surface area contributed by atoms with Crippen LogP contribution in [-0.2, 0) is 19.1 Å². The minimum absolute atomic E-state index is 0.0457. The zero-order chi connectivity index (χ0) is 31.1. The summed E-state index contributed by atoms with van der Waals surface area (Å²) in [5.74, 6) is 0.0929. The number of likely N-dealkylation sites (tertiary alicyclic amines) is 1. The van der Waals surface area contributed by atoms with Gasteiger partial charge in [-0.3, -0.25) is 9.59 Å². The zero-order valence-electron chi connectivity index (χ0n) is 24.7. The molecule has 1 aliphatic heterocycles. The van der Waals surface area contributed by atoms with Gasteiger partial charge in [-0.15, -0.1) is 0 Å². The first-order chi connectivity index (χ1) is 21.2. The van der Waals surface area contributed by atoms with Crippen LogP contribution in [0.25, 0.3) is 0 Å². The largest absolute Gasteiger partial charge is 0.416 e. The number of hydrogen-bond donors (Lipinski definition) is 3. The number of carbonyl (C=O) groups is 2. The quantitative estimate of drug-likeness (QED) is 0.250. The predicted octanol–water partition coefficient (Wildman–Crippen LogP) is 5.99. The Morgan fingerprint density at radius 3 is 2.32 bits per heavy atom. The summed E-state index contributed by atoms with van der Waals surface area (Å²) in [7, 11) is 0. The van der Waals surface area contributed by atoms with Crippen molar-refractivity contribution in [3.8, 4) is 0 Å². The summed E-state index contributed by atoms with van der Waals surface area (Å²) < 4.78 is 39.3. The summed E-state index contributed by atoms with van der Waals surface area (Å²) in [4.78, 5) is 29.0. The highest BCUT2D eigenvalue weighted by molar-refractivity contribution is 6.00. The molecule has 3 aromatic carbocycles. The van der Waals surface area contributed by atoms with Gasteiger partial charge >= 0.3 is 6.18 Å². The van der Waals surface area contributed by atoms with Gasteiger partial charge in [0.1, 0.15) is 0 Å². The maximum Gasteiger partial charge on any atom is 0.416 e. The van der Waals surface area contributed by atoms with Gasteiger partial charge in [-0.1, -0.05) is 67.4 Å². The summed E-state index contributed by atoms with van der Waals surface area (Å²) in [6.45, 7) is 0.898. The second-order valence-corrected chi connectivity index (χ2v) is 12.0. The highest BCUT2D eigenvalue weighted by Gasteiger charge is 2.36. The number of nitrogens with one attached hydrogen (secondary N) is 2. The van der Waals surface area contributed by atoms with E-state index in [1.807, 2.05) is 35.2 Å². The lowest BCUT2D eigenvalue weighted by Crippen LogP contribution is -2.48. The van der Waals surface area contributed by atoms with Crippen LogP contribution in [0.15, 0.2) is 78.9 Å². The third-order valence-corrected chi connectivity index (χ3v) is 8.89. The number of aliphatic hydroxyl groups excluding tert-OH is 1. The van der Waals surface area contributed by atoms with Crippen LogP contribution in [-0.4, -0.2) is 53.1 Å². The first kappa shape index (κ1) is 31.7. The normalized spacial score (nSPS) is 18.7. The summed E-state index contributed by atoms with van der Waals surface area (Å²) in [6.07, 6.45) is 1.65. The van der Waals surface area contributed by atoms with Gasteiger partial charge in [0.05, 0.1) is 17.7 Å². The minimum Gasteiger partial charge on any atom is -0.390 e. The third kappa shape index (κ3) is 8.07. The number of hydrogen-bond acceptors (Lipinski definition) is 4. The molecular formula is C35H40F3N3O3. The molecule has 1 heterocycles. The van der Waals surface area contributed by atoms with Crippen molar-refractivity contribution in [2.45, 2.75) is 75.9 Å². The van der Waals surface area contributed by atoms with Gasteiger partial charge in [-0.2, -0.15) is 13.2 Å². The molecule has 2 fully saturated rings. The number of benzene rings is 3. The molecule has 44 heavy (non-hydrogen) atoms. The third-order valence-electron chi connectivity index (χ3n) is 8.89. The van der Waals surface area contributed by atoms with Crippen LogP contribution in [0.2, 0.25) is 0 Å². The lowest BCUT2D eigenvalue weighted by Gasteiger charge is -2.29. The Bertz CT molecular complexity index is 1410. The van der Waals surface area contributed by atoms with Crippen molar-refractivity contribution >= 4 is 11.8 Å². The Morgan fingerprint density at radius 2 is 1.57 bits per heavy atom. The van der Waals surface area contributed by atoms with E-state index in [0.717, 1.165) is 49.9 Å². The molecule has 1 saturated heterocycles. The fourth-order valence-electron chi connectivity index (χ4n) is 6.60. The van der Waals surface area contributed by atoms with Crippen molar-refractivity contribution in [3.63, 3.8) is 0 Å². The van der Waals surface area contributed by atoms with Crippen molar-refractivity contribution in [1.29, 1.82) is 0 Å². The molecular weight excluding hydrogens is 567 g/mol. The van der Waals surface area contributed by atoms with Gasteiger partial charge in [0.2, 0.25) is 0 Å². The zero-order valence-corrected chi connectivity index (χ0v) is 24.7. The molecule has 3 atom stereocenters. The van der Waals surface area contributed by atoms with E-state index >= 15 is 0 Å². The summed E-state index contributed by atoms with van der Waals surface area (Å²) >= 11 is 0. The van der Waals surface area contributed by atoms with Gasteiger partial charge in [-0.05, 0) is 73.4 Å². The molecule has 9 heteroatoms. The summed E-state index contributed by atoms with van der Waals surface area (Å²) in [5.41, 5.74) is 1.42. The van der Waals surface area contributed by atoms with E-state index in [4.69, 9.17) is 0 Å². The average Bonchev–Trinajstić information content (AvgIpc) is 3.73. The van der Waals surface area contributed by atoms with Crippen molar-refractivity contribution < 1.29 is 27.9 Å². The Hall–Kier alpha value is -3.69. The molecule has 6 nitrogen and oxygen atoms in total. The number of aliphatic hydroxyl groups is 1. The Labute approximate surface area is 256 Å². The van der Waals surface area contributed by atoms with Crippen LogP contribution >= 0.6 is 0 Å². The second kappa shape index (κ2) is 14.4. The molecule has 1 aliphatic carbocycles. The standard InChI is InChI=1S/C35H40F3N3O3/c36-35(37,38)29-16-6-11-25(19-29)22-39-23-32(42)30(20-24-9-2-1-3-10-24)40-33(43)27-14-7-15-28(21-27)34(44)41-18-8-17-31(41)26-12-4-5-13-26/h1-3,6-7,9-11,14-16,19,21,26,30-32,39,42H,4-5,8,12-13,17-18,20,22-23H2,(H,40,43). The maximum absolute atomic E-state index is 13.6. The number of halogens is 3. The van der Waals surface area contributed by atoms with E-state index in [0.29, 0.717) is 29.0 Å². The van der Waals surface area contributed by atoms with Gasteiger partial charge in [0.15, 0.2) is 0 Å². The molecule has 2 aliphatic rings. The lowest BCUT2D eigenvalue weighted by molar-refractivity contribution is -0.137. The van der Waals surface area contributed by atoms with Crippen LogP contribution in [0.4, 0.5) is 13.2 Å². The fraction of sp³-hybridized carbons (Fsp3) is 0.429. The number of carbonyl (C=O) groups excluding carboxylic acids is 2. The van der Waals surface area contributed by atoms with E-state index < -0.39 is 29.8 Å². The molecule has 3 unspecified atom stereocenters. The first-order valence-electron chi connectivity index (χ1n) is 15.5. The number of alkyl halides is 3. The smallest absolute Gasteiger partial charge is 0.390 e. The highest BCUT2D eigenvalue weighted by Crippen LogP contribution is 2.36. The lowest BCUT2D eigenvalue weighted by atomic mass is 9.95.